The fourth-order valence-corrected chi connectivity index (χ4v) is 4.02. The van der Waals surface area contributed by atoms with Crippen LogP contribution in [0.2, 0.25) is 0 Å². The monoisotopic (exact) mass is 419 g/mol. The van der Waals surface area contributed by atoms with Crippen LogP contribution in [0.4, 0.5) is 0 Å². The third kappa shape index (κ3) is 4.46. The zero-order valence-corrected chi connectivity index (χ0v) is 17.3. The molecule has 2 aromatic heterocycles. The molecule has 30 heavy (non-hydrogen) atoms. The number of rotatable bonds is 7. The molecule has 0 saturated carbocycles. The second kappa shape index (κ2) is 9.00. The molecule has 0 spiro atoms. The first-order valence-electron chi connectivity index (χ1n) is 9.62. The number of fused-ring (bicyclic) bond motifs is 1. The van der Waals surface area contributed by atoms with Crippen molar-refractivity contribution in [3.63, 3.8) is 0 Å². The van der Waals surface area contributed by atoms with E-state index >= 15 is 0 Å². The summed E-state index contributed by atoms with van der Waals surface area (Å²) in [6.45, 7) is 2.51. The molecule has 0 fully saturated rings. The number of carbonyl (C=O) groups is 1. The van der Waals surface area contributed by atoms with Gasteiger partial charge < -0.3 is 9.73 Å². The minimum Gasteiger partial charge on any atom is -0.467 e. The summed E-state index contributed by atoms with van der Waals surface area (Å²) in [5.74, 6) is 0.537. The van der Waals surface area contributed by atoms with Crippen molar-refractivity contribution in [2.75, 3.05) is 0 Å². The van der Waals surface area contributed by atoms with Gasteiger partial charge in [-0.15, -0.1) is 0 Å². The van der Waals surface area contributed by atoms with Gasteiger partial charge in [-0.05, 0) is 36.8 Å². The molecule has 4 aromatic rings. The van der Waals surface area contributed by atoms with Crippen LogP contribution in [0.25, 0.3) is 10.9 Å². The summed E-state index contributed by atoms with van der Waals surface area (Å²) >= 11 is 1.27. The van der Waals surface area contributed by atoms with Gasteiger partial charge in [-0.1, -0.05) is 54.2 Å². The lowest BCUT2D eigenvalue weighted by Gasteiger charge is -2.16. The maximum atomic E-state index is 13.2. The number of thioether (sulfide) groups is 1. The highest BCUT2D eigenvalue weighted by Crippen LogP contribution is 2.23. The lowest BCUT2D eigenvalue weighted by molar-refractivity contribution is -0.120. The number of nitrogens with zero attached hydrogens (tertiary/aromatic N) is 2. The molecule has 1 N–H and O–H groups in total. The molecule has 1 amide bonds. The summed E-state index contributed by atoms with van der Waals surface area (Å²) in [6, 6.07) is 20.6. The average Bonchev–Trinajstić information content (AvgIpc) is 3.29. The molecule has 1 unspecified atom stereocenters. The van der Waals surface area contributed by atoms with Gasteiger partial charge in [0.15, 0.2) is 5.16 Å². The van der Waals surface area contributed by atoms with Crippen LogP contribution in [0.5, 0.6) is 0 Å². The van der Waals surface area contributed by atoms with Crippen LogP contribution in [0.3, 0.4) is 0 Å². The highest BCUT2D eigenvalue weighted by atomic mass is 32.2. The average molecular weight is 420 g/mol. The molecule has 6 nitrogen and oxygen atoms in total. The number of benzene rings is 2. The Balaban J connectivity index is 1.62. The Kier molecular flexibility index (Phi) is 5.99. The molecule has 2 heterocycles. The van der Waals surface area contributed by atoms with Gasteiger partial charge >= 0.3 is 0 Å². The number of nitrogens with one attached hydrogen (secondary N) is 1. The van der Waals surface area contributed by atoms with Crippen LogP contribution in [-0.2, 0) is 17.9 Å². The summed E-state index contributed by atoms with van der Waals surface area (Å²) in [5.41, 5.74) is 1.50. The van der Waals surface area contributed by atoms with E-state index in [4.69, 9.17) is 9.40 Å². The molecule has 2 aromatic carbocycles. The molecule has 152 valence electrons. The topological polar surface area (TPSA) is 77.1 Å². The second-order valence-corrected chi connectivity index (χ2v) is 8.15. The van der Waals surface area contributed by atoms with Gasteiger partial charge in [0.1, 0.15) is 5.76 Å². The maximum absolute atomic E-state index is 13.2. The van der Waals surface area contributed by atoms with E-state index in [2.05, 4.69) is 5.32 Å². The molecule has 0 radical (unpaired) electrons. The Morgan fingerprint density at radius 2 is 1.87 bits per heavy atom. The van der Waals surface area contributed by atoms with Crippen LogP contribution < -0.4 is 10.9 Å². The number of para-hydroxylation sites is 1. The van der Waals surface area contributed by atoms with E-state index in [0.717, 1.165) is 5.56 Å². The fourth-order valence-electron chi connectivity index (χ4n) is 3.09. The second-order valence-electron chi connectivity index (χ2n) is 6.85. The van der Waals surface area contributed by atoms with E-state index in [9.17, 15) is 9.59 Å². The lowest BCUT2D eigenvalue weighted by Crippen LogP contribution is -2.31. The lowest BCUT2D eigenvalue weighted by atomic mass is 10.2. The molecule has 0 bridgehead atoms. The van der Waals surface area contributed by atoms with E-state index in [1.807, 2.05) is 48.5 Å². The van der Waals surface area contributed by atoms with Crippen LogP contribution in [-0.4, -0.2) is 20.7 Å². The minimum absolute atomic E-state index is 0.116. The molecule has 0 saturated heterocycles. The smallest absolute Gasteiger partial charge is 0.262 e. The Morgan fingerprint density at radius 1 is 1.10 bits per heavy atom. The van der Waals surface area contributed by atoms with Crippen molar-refractivity contribution in [3.8, 4) is 0 Å². The first-order chi connectivity index (χ1) is 14.6. The SMILES string of the molecule is CC(Sc1nc2ccccc2c(=O)n1Cc1ccccc1)C(=O)NCc1ccco1. The summed E-state index contributed by atoms with van der Waals surface area (Å²) in [6.07, 6.45) is 1.57. The Bertz CT molecular complexity index is 1200. The quantitative estimate of drug-likeness (QED) is 0.364. The van der Waals surface area contributed by atoms with E-state index in [-0.39, 0.29) is 11.5 Å². The van der Waals surface area contributed by atoms with Crippen molar-refractivity contribution in [3.05, 3.63) is 94.7 Å². The van der Waals surface area contributed by atoms with Gasteiger partial charge in [-0.25, -0.2) is 4.98 Å². The summed E-state index contributed by atoms with van der Waals surface area (Å²) in [5, 5.41) is 3.50. The van der Waals surface area contributed by atoms with E-state index in [1.54, 1.807) is 36.0 Å². The zero-order chi connectivity index (χ0) is 20.9. The Hall–Kier alpha value is -3.32. The third-order valence-corrected chi connectivity index (χ3v) is 5.77. The van der Waals surface area contributed by atoms with Crippen molar-refractivity contribution in [1.29, 1.82) is 0 Å². The summed E-state index contributed by atoms with van der Waals surface area (Å²) in [4.78, 5) is 30.4. The molecule has 7 heteroatoms. The van der Waals surface area contributed by atoms with Crippen LogP contribution >= 0.6 is 11.8 Å². The first-order valence-corrected chi connectivity index (χ1v) is 10.5. The van der Waals surface area contributed by atoms with Gasteiger partial charge in [-0.2, -0.15) is 0 Å². The van der Waals surface area contributed by atoms with Crippen LogP contribution in [0.1, 0.15) is 18.2 Å². The normalized spacial score (nSPS) is 12.0. The fraction of sp³-hybridized carbons (Fsp3) is 0.174. The number of hydrogen-bond acceptors (Lipinski definition) is 5. The third-order valence-electron chi connectivity index (χ3n) is 4.68. The van der Waals surface area contributed by atoms with Gasteiger partial charge in [0.2, 0.25) is 5.91 Å². The van der Waals surface area contributed by atoms with Crippen molar-refractivity contribution in [1.82, 2.24) is 14.9 Å². The minimum atomic E-state index is -0.435. The van der Waals surface area contributed by atoms with Gasteiger partial charge in [0.05, 0.1) is 35.5 Å². The van der Waals surface area contributed by atoms with Crippen molar-refractivity contribution >= 4 is 28.6 Å². The number of carbonyl (C=O) groups excluding carboxylic acids is 1. The maximum Gasteiger partial charge on any atom is 0.262 e. The highest BCUT2D eigenvalue weighted by Gasteiger charge is 2.19. The number of aromatic nitrogens is 2. The van der Waals surface area contributed by atoms with E-state index in [0.29, 0.717) is 34.9 Å². The van der Waals surface area contributed by atoms with Gasteiger partial charge in [0, 0.05) is 0 Å². The summed E-state index contributed by atoms with van der Waals surface area (Å²) < 4.78 is 6.89. The highest BCUT2D eigenvalue weighted by molar-refractivity contribution is 8.00. The molecular formula is C23H21N3O3S. The van der Waals surface area contributed by atoms with E-state index < -0.39 is 5.25 Å². The zero-order valence-electron chi connectivity index (χ0n) is 16.4. The predicted molar refractivity (Wildman–Crippen MR) is 117 cm³/mol. The number of furan rings is 1. The standard InChI is InChI=1S/C23H21N3O3S/c1-16(21(27)24-14-18-10-7-13-29-18)30-23-25-20-12-6-5-11-19(20)22(28)26(23)15-17-8-3-2-4-9-17/h2-13,16H,14-15H2,1H3,(H,24,27). The molecule has 0 aliphatic heterocycles. The van der Waals surface area contributed by atoms with E-state index in [1.165, 1.54) is 11.8 Å². The van der Waals surface area contributed by atoms with Gasteiger partial charge in [0.25, 0.3) is 5.56 Å². The molecule has 0 aliphatic carbocycles. The van der Waals surface area contributed by atoms with Crippen LogP contribution in [0.15, 0.2) is 87.4 Å². The largest absolute Gasteiger partial charge is 0.467 e. The van der Waals surface area contributed by atoms with Crippen molar-refractivity contribution < 1.29 is 9.21 Å². The number of amides is 1. The summed E-state index contributed by atoms with van der Waals surface area (Å²) in [7, 11) is 0. The van der Waals surface area contributed by atoms with Crippen molar-refractivity contribution in [2.45, 2.75) is 30.4 Å². The molecular weight excluding hydrogens is 398 g/mol. The Morgan fingerprint density at radius 3 is 2.63 bits per heavy atom. The van der Waals surface area contributed by atoms with Gasteiger partial charge in [-0.3, -0.25) is 14.2 Å². The number of hydrogen-bond donors (Lipinski definition) is 1. The van der Waals surface area contributed by atoms with Crippen LogP contribution in [0, 0.1) is 0 Å². The molecule has 0 aliphatic rings. The first kappa shape index (κ1) is 20.0. The predicted octanol–water partition coefficient (Wildman–Crippen LogP) is 3.83. The molecule has 1 atom stereocenters. The Labute approximate surface area is 177 Å². The molecule has 4 rings (SSSR count). The van der Waals surface area contributed by atoms with Crippen molar-refractivity contribution in [2.24, 2.45) is 0 Å².